The zero-order chi connectivity index (χ0) is 8.43. The summed E-state index contributed by atoms with van der Waals surface area (Å²) in [5.41, 5.74) is 1.78. The van der Waals surface area contributed by atoms with Gasteiger partial charge in [-0.3, -0.25) is 4.98 Å². The van der Waals surface area contributed by atoms with Crippen LogP contribution in [0.2, 0.25) is 0 Å². The van der Waals surface area contributed by atoms with Crippen LogP contribution in [0.1, 0.15) is 21.7 Å². The predicted octanol–water partition coefficient (Wildman–Crippen LogP) is 2.24. The lowest BCUT2D eigenvalue weighted by Crippen LogP contribution is -1.99. The van der Waals surface area contributed by atoms with Crippen molar-refractivity contribution in [3.63, 3.8) is 0 Å². The fourth-order valence-corrected chi connectivity index (χ4v) is 0.958. The van der Waals surface area contributed by atoms with E-state index in [-0.39, 0.29) is 24.8 Å². The van der Waals surface area contributed by atoms with Crippen molar-refractivity contribution in [3.8, 4) is 0 Å². The molecule has 1 heterocycles. The predicted molar refractivity (Wildman–Crippen MR) is 55.2 cm³/mol. The minimum Gasteiger partial charge on any atom is -0.478 e. The van der Waals surface area contributed by atoms with Gasteiger partial charge in [-0.15, -0.1) is 24.8 Å². The number of carbonyl (C=O) groups is 1. The molecule has 13 heavy (non-hydrogen) atoms. The number of aromatic carboxylic acids is 1. The molecule has 1 aromatic heterocycles. The van der Waals surface area contributed by atoms with Crippen molar-refractivity contribution in [3.05, 3.63) is 29.1 Å². The molecular weight excluding hydrogens is 213 g/mol. The fraction of sp³-hybridized carbons (Fsp3) is 0.250. The van der Waals surface area contributed by atoms with Gasteiger partial charge in [-0.1, -0.05) is 0 Å². The monoisotopic (exact) mass is 223 g/mol. The third kappa shape index (κ3) is 4.10. The van der Waals surface area contributed by atoms with Gasteiger partial charge in [0.05, 0.1) is 5.56 Å². The molecule has 0 fully saturated rings. The number of hydrogen-bond acceptors (Lipinski definition) is 2. The molecule has 0 aliphatic carbocycles. The van der Waals surface area contributed by atoms with E-state index in [1.807, 2.05) is 0 Å². The van der Waals surface area contributed by atoms with Crippen LogP contribution in [0.15, 0.2) is 12.1 Å². The van der Waals surface area contributed by atoms with Gasteiger partial charge < -0.3 is 5.11 Å². The Bertz CT molecular complexity index is 282. The summed E-state index contributed by atoms with van der Waals surface area (Å²) in [4.78, 5) is 14.5. The number of hydrogen-bond donors (Lipinski definition) is 1. The van der Waals surface area contributed by atoms with E-state index in [0.717, 1.165) is 11.4 Å². The molecule has 0 amide bonds. The minimum absolute atomic E-state index is 0. The Morgan fingerprint density at radius 1 is 1.23 bits per heavy atom. The van der Waals surface area contributed by atoms with Gasteiger partial charge in [0.1, 0.15) is 0 Å². The molecule has 0 aromatic carbocycles. The third-order valence-electron chi connectivity index (χ3n) is 1.33. The molecule has 1 rings (SSSR count). The normalized spacial score (nSPS) is 8.15. The van der Waals surface area contributed by atoms with Gasteiger partial charge in [-0.2, -0.15) is 0 Å². The van der Waals surface area contributed by atoms with Crippen molar-refractivity contribution in [2.24, 2.45) is 0 Å². The van der Waals surface area contributed by atoms with Gasteiger partial charge >= 0.3 is 5.97 Å². The summed E-state index contributed by atoms with van der Waals surface area (Å²) in [6, 6.07) is 3.10. The van der Waals surface area contributed by atoms with Crippen LogP contribution in [0.5, 0.6) is 0 Å². The highest BCUT2D eigenvalue weighted by atomic mass is 35.5. The molecule has 5 heteroatoms. The van der Waals surface area contributed by atoms with E-state index in [4.69, 9.17) is 5.11 Å². The number of aromatic nitrogens is 1. The molecule has 1 aromatic rings. The quantitative estimate of drug-likeness (QED) is 0.795. The lowest BCUT2D eigenvalue weighted by molar-refractivity contribution is 0.0696. The molecule has 74 valence electrons. The van der Waals surface area contributed by atoms with E-state index >= 15 is 0 Å². The molecular formula is C8H11Cl2NO2. The van der Waals surface area contributed by atoms with Gasteiger partial charge in [0.25, 0.3) is 0 Å². The van der Waals surface area contributed by atoms with Crippen molar-refractivity contribution < 1.29 is 9.90 Å². The zero-order valence-corrected chi connectivity index (χ0v) is 8.91. The van der Waals surface area contributed by atoms with Crippen LogP contribution < -0.4 is 0 Å². The highest BCUT2D eigenvalue weighted by molar-refractivity contribution is 5.87. The maximum absolute atomic E-state index is 10.5. The number of carboxylic acid groups (broad SMARTS) is 1. The Kier molecular flexibility index (Phi) is 6.54. The van der Waals surface area contributed by atoms with E-state index in [0.29, 0.717) is 5.56 Å². The van der Waals surface area contributed by atoms with Crippen LogP contribution in [0.4, 0.5) is 0 Å². The third-order valence-corrected chi connectivity index (χ3v) is 1.33. The van der Waals surface area contributed by atoms with Gasteiger partial charge in [-0.25, -0.2) is 4.79 Å². The number of nitrogens with zero attached hydrogens (tertiary/aromatic N) is 1. The second-order valence-corrected chi connectivity index (χ2v) is 2.44. The largest absolute Gasteiger partial charge is 0.478 e. The Labute approximate surface area is 89.0 Å². The molecule has 0 atom stereocenters. The molecule has 0 spiro atoms. The summed E-state index contributed by atoms with van der Waals surface area (Å²) in [7, 11) is 0. The molecule has 0 aliphatic rings. The first-order chi connectivity index (χ1) is 5.09. The van der Waals surface area contributed by atoms with E-state index in [9.17, 15) is 4.79 Å². The molecule has 0 aliphatic heterocycles. The average Bonchev–Trinajstić information content (AvgIpc) is 1.85. The summed E-state index contributed by atoms with van der Waals surface area (Å²) < 4.78 is 0. The molecule has 0 saturated heterocycles. The molecule has 0 radical (unpaired) electrons. The second-order valence-electron chi connectivity index (χ2n) is 2.44. The van der Waals surface area contributed by atoms with E-state index < -0.39 is 5.97 Å². The maximum Gasteiger partial charge on any atom is 0.335 e. The number of pyridine rings is 1. The number of aryl methyl sites for hydroxylation is 2. The number of halogens is 2. The van der Waals surface area contributed by atoms with Crippen LogP contribution in [0.25, 0.3) is 0 Å². The van der Waals surface area contributed by atoms with Crippen LogP contribution in [0.3, 0.4) is 0 Å². The number of carboxylic acids is 1. The first-order valence-corrected chi connectivity index (χ1v) is 3.28. The summed E-state index contributed by atoms with van der Waals surface area (Å²) in [6.07, 6.45) is 0. The molecule has 0 saturated carbocycles. The van der Waals surface area contributed by atoms with Crippen LogP contribution in [-0.4, -0.2) is 16.1 Å². The first-order valence-electron chi connectivity index (χ1n) is 3.28. The second kappa shape index (κ2) is 5.78. The van der Waals surface area contributed by atoms with Crippen molar-refractivity contribution in [1.82, 2.24) is 4.98 Å². The Morgan fingerprint density at radius 3 is 1.92 bits per heavy atom. The molecule has 1 N–H and O–H groups in total. The van der Waals surface area contributed by atoms with Crippen molar-refractivity contribution in [2.75, 3.05) is 0 Å². The summed E-state index contributed by atoms with van der Waals surface area (Å²) in [5, 5.41) is 8.61. The van der Waals surface area contributed by atoms with Crippen LogP contribution in [-0.2, 0) is 0 Å². The lowest BCUT2D eigenvalue weighted by Gasteiger charge is -1.97. The summed E-state index contributed by atoms with van der Waals surface area (Å²) >= 11 is 0. The van der Waals surface area contributed by atoms with Crippen molar-refractivity contribution >= 4 is 30.8 Å². The molecule has 0 bridgehead atoms. The zero-order valence-electron chi connectivity index (χ0n) is 7.27. The van der Waals surface area contributed by atoms with E-state index in [1.165, 1.54) is 0 Å². The average molecular weight is 224 g/mol. The van der Waals surface area contributed by atoms with Crippen molar-refractivity contribution in [1.29, 1.82) is 0 Å². The molecule has 3 nitrogen and oxygen atoms in total. The smallest absolute Gasteiger partial charge is 0.335 e. The highest BCUT2D eigenvalue weighted by Crippen LogP contribution is 2.03. The highest BCUT2D eigenvalue weighted by Gasteiger charge is 2.03. The Hall–Kier alpha value is -0.800. The Morgan fingerprint density at radius 2 is 1.62 bits per heavy atom. The van der Waals surface area contributed by atoms with Crippen molar-refractivity contribution in [2.45, 2.75) is 13.8 Å². The van der Waals surface area contributed by atoms with Gasteiger partial charge in [0.2, 0.25) is 0 Å². The number of rotatable bonds is 1. The van der Waals surface area contributed by atoms with E-state index in [2.05, 4.69) is 4.98 Å². The topological polar surface area (TPSA) is 50.2 Å². The van der Waals surface area contributed by atoms with Crippen LogP contribution >= 0.6 is 24.8 Å². The van der Waals surface area contributed by atoms with Gasteiger partial charge in [0.15, 0.2) is 0 Å². The minimum atomic E-state index is -0.904. The summed E-state index contributed by atoms with van der Waals surface area (Å²) in [6.45, 7) is 3.55. The summed E-state index contributed by atoms with van der Waals surface area (Å²) in [5.74, 6) is -0.904. The fourth-order valence-electron chi connectivity index (χ4n) is 0.958. The maximum atomic E-state index is 10.5. The van der Waals surface area contributed by atoms with Gasteiger partial charge in [0, 0.05) is 11.4 Å². The molecule has 0 unspecified atom stereocenters. The lowest BCUT2D eigenvalue weighted by atomic mass is 10.2. The van der Waals surface area contributed by atoms with Crippen LogP contribution in [0, 0.1) is 13.8 Å². The SMILES string of the molecule is Cc1cc(C(=O)O)cc(C)n1.Cl.Cl. The Balaban J connectivity index is 0. The van der Waals surface area contributed by atoms with E-state index in [1.54, 1.807) is 26.0 Å². The standard InChI is InChI=1S/C8H9NO2.2ClH/c1-5-3-7(8(10)11)4-6(2)9-5;;/h3-4H,1-2H3,(H,10,11);2*1H. The first kappa shape index (κ1) is 14.7. The van der Waals surface area contributed by atoms with Gasteiger partial charge in [-0.05, 0) is 26.0 Å².